The highest BCUT2D eigenvalue weighted by atomic mass is 32.2. The molecule has 15 heavy (non-hydrogen) atoms. The van der Waals surface area contributed by atoms with E-state index in [9.17, 15) is 8.42 Å². The smallest absolute Gasteiger partial charge is 0.241 e. The van der Waals surface area contributed by atoms with Gasteiger partial charge in [-0.25, -0.2) is 13.1 Å². The van der Waals surface area contributed by atoms with Crippen LogP contribution in [0.25, 0.3) is 0 Å². The third kappa shape index (κ3) is 3.26. The van der Waals surface area contributed by atoms with Crippen LogP contribution in [0.2, 0.25) is 0 Å². The van der Waals surface area contributed by atoms with Crippen molar-refractivity contribution in [2.75, 3.05) is 0 Å². The number of hydrogen-bond acceptors (Lipinski definition) is 3. The van der Waals surface area contributed by atoms with Crippen molar-refractivity contribution in [3.63, 3.8) is 0 Å². The molecule has 1 aromatic carbocycles. The number of nitrogens with one attached hydrogen (secondary N) is 1. The van der Waals surface area contributed by atoms with Gasteiger partial charge in [-0.2, -0.15) is 0 Å². The molecule has 0 aromatic heterocycles. The van der Waals surface area contributed by atoms with Gasteiger partial charge in [-0.05, 0) is 19.1 Å². The number of thiocarbonyl (C=S) groups is 1. The summed E-state index contributed by atoms with van der Waals surface area (Å²) in [5.41, 5.74) is 5.33. The van der Waals surface area contributed by atoms with Gasteiger partial charge in [0.2, 0.25) is 10.0 Å². The molecule has 0 radical (unpaired) electrons. The third-order valence-corrected chi connectivity index (χ3v) is 3.72. The van der Waals surface area contributed by atoms with Crippen LogP contribution in [-0.4, -0.2) is 19.4 Å². The maximum atomic E-state index is 11.7. The maximum absolute atomic E-state index is 11.7. The van der Waals surface area contributed by atoms with Crippen LogP contribution >= 0.6 is 12.2 Å². The summed E-state index contributed by atoms with van der Waals surface area (Å²) in [5, 5.41) is 0. The number of benzene rings is 1. The van der Waals surface area contributed by atoms with E-state index in [2.05, 4.69) is 16.9 Å². The minimum Gasteiger partial charge on any atom is -0.392 e. The lowest BCUT2D eigenvalue weighted by Gasteiger charge is -2.12. The fourth-order valence-electron chi connectivity index (χ4n) is 0.958. The van der Waals surface area contributed by atoms with Crippen LogP contribution < -0.4 is 10.5 Å². The first-order valence-corrected chi connectivity index (χ1v) is 6.19. The van der Waals surface area contributed by atoms with Crippen molar-refractivity contribution >= 4 is 27.2 Å². The molecule has 1 atom stereocenters. The highest BCUT2D eigenvalue weighted by Crippen LogP contribution is 2.07. The molecule has 4 nitrogen and oxygen atoms in total. The van der Waals surface area contributed by atoms with Crippen molar-refractivity contribution in [3.8, 4) is 0 Å². The molecule has 0 spiro atoms. The van der Waals surface area contributed by atoms with E-state index in [0.717, 1.165) is 0 Å². The monoisotopic (exact) mass is 244 g/mol. The van der Waals surface area contributed by atoms with Crippen molar-refractivity contribution in [3.05, 3.63) is 30.3 Å². The van der Waals surface area contributed by atoms with Crippen LogP contribution in [0.5, 0.6) is 0 Å². The van der Waals surface area contributed by atoms with E-state index in [1.54, 1.807) is 25.1 Å². The van der Waals surface area contributed by atoms with E-state index in [1.807, 2.05) is 0 Å². The first-order valence-electron chi connectivity index (χ1n) is 4.30. The second kappa shape index (κ2) is 4.69. The predicted octanol–water partition coefficient (Wildman–Crippen LogP) is 0.640. The number of hydrogen-bond donors (Lipinski definition) is 2. The number of nitrogens with two attached hydrogens (primary N) is 1. The molecular formula is C9H12N2O2S2. The molecule has 0 saturated carbocycles. The molecule has 1 unspecified atom stereocenters. The quantitative estimate of drug-likeness (QED) is 0.762. The van der Waals surface area contributed by atoms with Crippen LogP contribution in [-0.2, 0) is 10.0 Å². The predicted molar refractivity (Wildman–Crippen MR) is 63.0 cm³/mol. The lowest BCUT2D eigenvalue weighted by atomic mass is 10.4. The molecule has 0 aliphatic rings. The first-order chi connectivity index (χ1) is 6.93. The molecule has 0 amide bonds. The highest BCUT2D eigenvalue weighted by Gasteiger charge is 2.17. The van der Waals surface area contributed by atoms with Gasteiger partial charge in [-0.3, -0.25) is 0 Å². The normalized spacial score (nSPS) is 13.4. The van der Waals surface area contributed by atoms with Gasteiger partial charge < -0.3 is 5.73 Å². The number of rotatable bonds is 4. The van der Waals surface area contributed by atoms with Crippen molar-refractivity contribution in [2.24, 2.45) is 5.73 Å². The van der Waals surface area contributed by atoms with Gasteiger partial charge in [0.15, 0.2) is 0 Å². The van der Waals surface area contributed by atoms with Gasteiger partial charge in [0, 0.05) is 0 Å². The number of sulfonamides is 1. The van der Waals surface area contributed by atoms with Crippen LogP contribution in [0, 0.1) is 0 Å². The molecular weight excluding hydrogens is 232 g/mol. The Balaban J connectivity index is 2.91. The van der Waals surface area contributed by atoms with Gasteiger partial charge in [0.1, 0.15) is 0 Å². The van der Waals surface area contributed by atoms with Crippen LogP contribution in [0.3, 0.4) is 0 Å². The summed E-state index contributed by atoms with van der Waals surface area (Å²) in [5.74, 6) is 0. The Labute approximate surface area is 94.5 Å². The van der Waals surface area contributed by atoms with E-state index in [-0.39, 0.29) is 9.88 Å². The van der Waals surface area contributed by atoms with Crippen molar-refractivity contribution < 1.29 is 8.42 Å². The zero-order chi connectivity index (χ0) is 11.5. The molecule has 3 N–H and O–H groups in total. The Morgan fingerprint density at radius 1 is 1.40 bits per heavy atom. The maximum Gasteiger partial charge on any atom is 0.241 e. The van der Waals surface area contributed by atoms with E-state index in [1.165, 1.54) is 12.1 Å². The van der Waals surface area contributed by atoms with Crippen LogP contribution in [0.1, 0.15) is 6.92 Å². The van der Waals surface area contributed by atoms with Gasteiger partial charge in [-0.1, -0.05) is 30.4 Å². The van der Waals surface area contributed by atoms with E-state index >= 15 is 0 Å². The second-order valence-corrected chi connectivity index (χ2v) is 5.24. The molecule has 0 bridgehead atoms. The Morgan fingerprint density at radius 2 is 1.93 bits per heavy atom. The van der Waals surface area contributed by atoms with Crippen LogP contribution in [0.4, 0.5) is 0 Å². The Kier molecular flexibility index (Phi) is 3.78. The van der Waals surface area contributed by atoms with Crippen molar-refractivity contribution in [2.45, 2.75) is 17.9 Å². The van der Waals surface area contributed by atoms with Gasteiger partial charge in [0.05, 0.1) is 15.9 Å². The lowest BCUT2D eigenvalue weighted by Crippen LogP contribution is -2.41. The fraction of sp³-hybridized carbons (Fsp3) is 0.222. The van der Waals surface area contributed by atoms with Crippen molar-refractivity contribution in [1.82, 2.24) is 4.72 Å². The Hall–Kier alpha value is -0.980. The van der Waals surface area contributed by atoms with Crippen LogP contribution in [0.15, 0.2) is 35.2 Å². The average Bonchev–Trinajstić information content (AvgIpc) is 2.18. The SMILES string of the molecule is CC(NS(=O)(=O)c1ccccc1)C(N)=S. The molecule has 0 heterocycles. The average molecular weight is 244 g/mol. The molecule has 1 rings (SSSR count). The Bertz CT molecular complexity index is 442. The fourth-order valence-corrected chi connectivity index (χ4v) is 2.34. The Morgan fingerprint density at radius 3 is 2.40 bits per heavy atom. The molecule has 0 aliphatic carbocycles. The zero-order valence-electron chi connectivity index (χ0n) is 8.17. The molecule has 0 fully saturated rings. The van der Waals surface area contributed by atoms with Gasteiger partial charge >= 0.3 is 0 Å². The molecule has 0 saturated heterocycles. The largest absolute Gasteiger partial charge is 0.392 e. The third-order valence-electron chi connectivity index (χ3n) is 1.81. The molecule has 1 aromatic rings. The van der Waals surface area contributed by atoms with Crippen molar-refractivity contribution in [1.29, 1.82) is 0 Å². The highest BCUT2D eigenvalue weighted by molar-refractivity contribution is 7.89. The molecule has 0 aliphatic heterocycles. The minimum atomic E-state index is -3.52. The summed E-state index contributed by atoms with van der Waals surface area (Å²) in [6, 6.07) is 7.52. The topological polar surface area (TPSA) is 72.2 Å². The first kappa shape index (κ1) is 12.1. The summed E-state index contributed by atoms with van der Waals surface area (Å²) in [4.78, 5) is 0.322. The summed E-state index contributed by atoms with van der Waals surface area (Å²) < 4.78 is 25.8. The van der Waals surface area contributed by atoms with Gasteiger partial charge in [-0.15, -0.1) is 0 Å². The molecule has 6 heteroatoms. The van der Waals surface area contributed by atoms with Gasteiger partial charge in [0.25, 0.3) is 0 Å². The van der Waals surface area contributed by atoms with E-state index in [0.29, 0.717) is 0 Å². The standard InChI is InChI=1S/C9H12N2O2S2/c1-7(9(10)14)11-15(12,13)8-5-3-2-4-6-8/h2-7,11H,1H3,(H2,10,14). The lowest BCUT2D eigenvalue weighted by molar-refractivity contribution is 0.579. The second-order valence-electron chi connectivity index (χ2n) is 3.06. The summed E-state index contributed by atoms with van der Waals surface area (Å²) in [6.07, 6.45) is 0. The van der Waals surface area contributed by atoms with E-state index in [4.69, 9.17) is 5.73 Å². The summed E-state index contributed by atoms with van der Waals surface area (Å²) in [6.45, 7) is 1.60. The summed E-state index contributed by atoms with van der Waals surface area (Å²) >= 11 is 4.69. The summed E-state index contributed by atoms with van der Waals surface area (Å²) in [7, 11) is -3.52. The zero-order valence-corrected chi connectivity index (χ0v) is 9.81. The van der Waals surface area contributed by atoms with E-state index < -0.39 is 16.1 Å². The molecule has 82 valence electrons. The minimum absolute atomic E-state index is 0.120.